The van der Waals surface area contributed by atoms with Gasteiger partial charge in [-0.15, -0.1) is 0 Å². The van der Waals surface area contributed by atoms with Gasteiger partial charge in [0.2, 0.25) is 0 Å². The zero-order valence-electron chi connectivity index (χ0n) is 20.6. The number of hydrogen-bond acceptors (Lipinski definition) is 7. The Morgan fingerprint density at radius 1 is 1.08 bits per heavy atom. The van der Waals surface area contributed by atoms with Gasteiger partial charge in [-0.25, -0.2) is 14.4 Å². The molecule has 1 aliphatic rings. The lowest BCUT2D eigenvalue weighted by Crippen LogP contribution is -2.44. The quantitative estimate of drug-likeness (QED) is 0.394. The Labute approximate surface area is 208 Å². The Kier molecular flexibility index (Phi) is 5.62. The Morgan fingerprint density at radius 2 is 1.92 bits per heavy atom. The highest BCUT2D eigenvalue weighted by atomic mass is 19.1. The van der Waals surface area contributed by atoms with Crippen LogP contribution in [0.5, 0.6) is 0 Å². The van der Waals surface area contributed by atoms with E-state index in [0.717, 1.165) is 55.1 Å². The maximum atomic E-state index is 16.0. The zero-order chi connectivity index (χ0) is 24.8. The fourth-order valence-corrected chi connectivity index (χ4v) is 4.87. The molecule has 0 saturated carbocycles. The first kappa shape index (κ1) is 22.6. The molecule has 0 unspecified atom stereocenters. The number of pyridine rings is 2. The molecule has 0 atom stereocenters. The Morgan fingerprint density at radius 3 is 2.72 bits per heavy atom. The van der Waals surface area contributed by atoms with Gasteiger partial charge >= 0.3 is 0 Å². The van der Waals surface area contributed by atoms with Crippen molar-refractivity contribution in [3.05, 3.63) is 54.2 Å². The smallest absolute Gasteiger partial charge is 0.161 e. The number of benzene rings is 1. The summed E-state index contributed by atoms with van der Waals surface area (Å²) < 4.78 is 16.0. The molecule has 36 heavy (non-hydrogen) atoms. The Balaban J connectivity index is 1.43. The zero-order valence-corrected chi connectivity index (χ0v) is 20.6. The van der Waals surface area contributed by atoms with Crippen LogP contribution in [-0.4, -0.2) is 87.3 Å². The molecule has 5 heterocycles. The predicted molar refractivity (Wildman–Crippen MR) is 139 cm³/mol. The topological polar surface area (TPSA) is 92.9 Å². The largest absolute Gasteiger partial charge is 0.367 e. The van der Waals surface area contributed by atoms with Gasteiger partial charge in [-0.05, 0) is 51.0 Å². The molecule has 6 rings (SSSR count). The van der Waals surface area contributed by atoms with Gasteiger partial charge in [0, 0.05) is 62.4 Å². The number of aromatic amines is 2. The third-order valence-electron chi connectivity index (χ3n) is 6.70. The molecule has 5 aromatic rings. The number of aromatic nitrogens is 6. The van der Waals surface area contributed by atoms with E-state index in [-0.39, 0.29) is 5.82 Å². The van der Waals surface area contributed by atoms with Gasteiger partial charge in [0.25, 0.3) is 0 Å². The summed E-state index contributed by atoms with van der Waals surface area (Å²) in [6.07, 6.45) is 5.28. The van der Waals surface area contributed by atoms with Gasteiger partial charge in [0.1, 0.15) is 17.0 Å². The van der Waals surface area contributed by atoms with Gasteiger partial charge in [-0.3, -0.25) is 10.1 Å². The molecule has 0 radical (unpaired) electrons. The van der Waals surface area contributed by atoms with E-state index in [1.807, 2.05) is 38.5 Å². The monoisotopic (exact) mass is 485 g/mol. The van der Waals surface area contributed by atoms with Gasteiger partial charge < -0.3 is 19.7 Å². The van der Waals surface area contributed by atoms with E-state index in [1.54, 1.807) is 18.5 Å². The summed E-state index contributed by atoms with van der Waals surface area (Å²) in [5, 5.41) is 7.79. The van der Waals surface area contributed by atoms with E-state index in [9.17, 15) is 0 Å². The van der Waals surface area contributed by atoms with E-state index in [1.165, 1.54) is 0 Å². The van der Waals surface area contributed by atoms with Gasteiger partial charge in [-0.1, -0.05) is 0 Å². The maximum Gasteiger partial charge on any atom is 0.161 e. The molecule has 0 aliphatic carbocycles. The lowest BCUT2D eigenvalue weighted by Gasteiger charge is -2.33. The summed E-state index contributed by atoms with van der Waals surface area (Å²) >= 11 is 0. The number of rotatable bonds is 5. The number of halogens is 1. The molecule has 2 N–H and O–H groups in total. The van der Waals surface area contributed by atoms with Crippen LogP contribution in [0.2, 0.25) is 0 Å². The fraction of sp³-hybridized carbons (Fsp3) is 0.308. The van der Waals surface area contributed by atoms with Crippen LogP contribution in [0, 0.1) is 5.82 Å². The van der Waals surface area contributed by atoms with Crippen LogP contribution in [0.25, 0.3) is 44.7 Å². The summed E-state index contributed by atoms with van der Waals surface area (Å²) in [4.78, 5) is 23.6. The number of imidazole rings is 1. The number of nitrogens with zero attached hydrogens (tertiary/aromatic N) is 7. The first-order chi connectivity index (χ1) is 17.5. The lowest BCUT2D eigenvalue weighted by molar-refractivity contribution is 0.313. The molecule has 10 heteroatoms. The van der Waals surface area contributed by atoms with E-state index in [0.29, 0.717) is 33.6 Å². The van der Waals surface area contributed by atoms with Crippen LogP contribution < -0.4 is 4.90 Å². The summed E-state index contributed by atoms with van der Waals surface area (Å²) in [6, 6.07) is 7.58. The fourth-order valence-electron chi connectivity index (χ4n) is 4.87. The van der Waals surface area contributed by atoms with Crippen LogP contribution in [-0.2, 0) is 6.54 Å². The van der Waals surface area contributed by atoms with Crippen molar-refractivity contribution in [3.8, 4) is 22.6 Å². The van der Waals surface area contributed by atoms with Crippen LogP contribution in [0.1, 0.15) is 5.56 Å². The first-order valence-electron chi connectivity index (χ1n) is 12.0. The number of H-pyrrole nitrogens is 2. The highest BCUT2D eigenvalue weighted by Gasteiger charge is 2.22. The molecule has 184 valence electrons. The summed E-state index contributed by atoms with van der Waals surface area (Å²) in [6.45, 7) is 4.54. The van der Waals surface area contributed by atoms with E-state index < -0.39 is 0 Å². The number of nitrogens with one attached hydrogen (secondary N) is 2. The molecule has 0 spiro atoms. The van der Waals surface area contributed by atoms with Crippen molar-refractivity contribution in [2.45, 2.75) is 6.54 Å². The molecule has 4 aromatic heterocycles. The normalized spacial score (nSPS) is 15.0. The molecule has 1 aromatic carbocycles. The second kappa shape index (κ2) is 8.96. The third kappa shape index (κ3) is 3.98. The van der Waals surface area contributed by atoms with Crippen LogP contribution in [0.15, 0.2) is 42.9 Å². The van der Waals surface area contributed by atoms with Crippen molar-refractivity contribution in [3.63, 3.8) is 0 Å². The van der Waals surface area contributed by atoms with Crippen molar-refractivity contribution in [1.82, 2.24) is 39.9 Å². The minimum atomic E-state index is -0.354. The van der Waals surface area contributed by atoms with Crippen LogP contribution in [0.4, 0.5) is 10.1 Å². The predicted octanol–water partition coefficient (Wildman–Crippen LogP) is 3.52. The van der Waals surface area contributed by atoms with Gasteiger partial charge in [-0.2, -0.15) is 5.10 Å². The summed E-state index contributed by atoms with van der Waals surface area (Å²) in [5.74, 6) is 0.133. The van der Waals surface area contributed by atoms with Gasteiger partial charge in [0.15, 0.2) is 11.5 Å². The molecule has 0 bridgehead atoms. The standard InChI is InChI=1S/C26H28FN9/c1-34(2)15-16-12-17(14-28-13-16)18-4-5-19-21(22(18)27)24(33-32-19)26-30-23-20(6-7-29-25(23)31-26)36-10-8-35(3)9-11-36/h4-7,12-14H,8-11,15H2,1-3H3,(H,32,33)(H,29,30,31). The molecule has 1 aliphatic heterocycles. The number of piperazine rings is 1. The van der Waals surface area contributed by atoms with Crippen LogP contribution in [0.3, 0.4) is 0 Å². The average molecular weight is 486 g/mol. The number of hydrogen-bond donors (Lipinski definition) is 2. The molecular formula is C26H28FN9. The highest BCUT2D eigenvalue weighted by molar-refractivity contribution is 5.97. The lowest BCUT2D eigenvalue weighted by atomic mass is 10.0. The van der Waals surface area contributed by atoms with Crippen LogP contribution >= 0.6 is 0 Å². The van der Waals surface area contributed by atoms with E-state index in [4.69, 9.17) is 4.98 Å². The minimum absolute atomic E-state index is 0.354. The highest BCUT2D eigenvalue weighted by Crippen LogP contribution is 2.35. The number of fused-ring (bicyclic) bond motifs is 2. The average Bonchev–Trinajstić information content (AvgIpc) is 3.49. The number of likely N-dealkylation sites (N-methyl/N-ethyl adjacent to an activating group) is 1. The Bertz CT molecular complexity index is 1550. The van der Waals surface area contributed by atoms with Crippen molar-refractivity contribution in [2.24, 2.45) is 0 Å². The molecule has 1 saturated heterocycles. The summed E-state index contributed by atoms with van der Waals surface area (Å²) in [5.41, 5.74) is 5.72. The second-order valence-corrected chi connectivity index (χ2v) is 9.64. The van der Waals surface area contributed by atoms with Crippen molar-refractivity contribution < 1.29 is 4.39 Å². The van der Waals surface area contributed by atoms with E-state index in [2.05, 4.69) is 46.9 Å². The summed E-state index contributed by atoms with van der Waals surface area (Å²) in [7, 11) is 6.12. The number of anilines is 1. The first-order valence-corrected chi connectivity index (χ1v) is 12.0. The molecule has 1 fully saturated rings. The van der Waals surface area contributed by atoms with Crippen molar-refractivity contribution in [2.75, 3.05) is 52.2 Å². The second-order valence-electron chi connectivity index (χ2n) is 9.64. The molecule has 0 amide bonds. The SMILES string of the molecule is CN(C)Cc1cncc(-c2ccc3[nH]nc(-c4nc5c(N6CCN(C)CC6)ccnc5[nH]4)c3c2F)c1. The van der Waals surface area contributed by atoms with Gasteiger partial charge in [0.05, 0.1) is 16.6 Å². The van der Waals surface area contributed by atoms with Crippen molar-refractivity contribution >= 4 is 27.8 Å². The third-order valence-corrected chi connectivity index (χ3v) is 6.70. The Hall–Kier alpha value is -3.89. The molecular weight excluding hydrogens is 457 g/mol. The van der Waals surface area contributed by atoms with E-state index >= 15 is 4.39 Å². The maximum absolute atomic E-state index is 16.0. The van der Waals surface area contributed by atoms with Crippen molar-refractivity contribution in [1.29, 1.82) is 0 Å². The minimum Gasteiger partial charge on any atom is -0.367 e. The molecule has 9 nitrogen and oxygen atoms in total.